The van der Waals surface area contributed by atoms with Crippen molar-refractivity contribution in [1.29, 1.82) is 0 Å². The number of nitrogens with one attached hydrogen (secondary N) is 2. The summed E-state index contributed by atoms with van der Waals surface area (Å²) < 4.78 is 46.0. The van der Waals surface area contributed by atoms with E-state index in [0.717, 1.165) is 40.5 Å². The normalized spacial score (nSPS) is 12.4. The number of halogens is 3. The molecule has 0 saturated heterocycles. The molecule has 0 aromatic heterocycles. The fraction of sp³-hybridized carbons (Fsp3) is 0.160. The number of carboxylic acid groups (broad SMARTS) is 1. The molecule has 0 radical (unpaired) electrons. The smallest absolute Gasteiger partial charge is 0.411 e. The maximum atomic E-state index is 14.4. The monoisotopic (exact) mass is 484 g/mol. The minimum Gasteiger partial charge on any atom is -0.477 e. The summed E-state index contributed by atoms with van der Waals surface area (Å²) in [6, 6.07) is 18.4. The molecular weight excluding hydrogens is 465 g/mol. The molecule has 4 rings (SSSR count). The van der Waals surface area contributed by atoms with Gasteiger partial charge in [-0.25, -0.2) is 14.0 Å². The number of rotatable bonds is 7. The number of fused-ring (bicyclic) bond motifs is 3. The van der Waals surface area contributed by atoms with E-state index in [2.05, 4.69) is 5.32 Å². The molecule has 0 unspecified atom stereocenters. The van der Waals surface area contributed by atoms with Crippen molar-refractivity contribution >= 4 is 23.7 Å². The van der Waals surface area contributed by atoms with E-state index in [1.807, 2.05) is 48.5 Å². The van der Waals surface area contributed by atoms with E-state index < -0.39 is 36.3 Å². The Kier molecular flexibility index (Phi) is 6.46. The Bertz CT molecular complexity index is 1270. The van der Waals surface area contributed by atoms with Gasteiger partial charge in [-0.05, 0) is 40.5 Å². The van der Waals surface area contributed by atoms with Crippen molar-refractivity contribution in [3.05, 3.63) is 89.2 Å². The highest BCUT2D eigenvalue weighted by molar-refractivity contribution is 5.95. The summed E-state index contributed by atoms with van der Waals surface area (Å²) >= 11 is 0. The molecule has 0 atom stereocenters. The Morgan fingerprint density at radius 2 is 1.54 bits per heavy atom. The van der Waals surface area contributed by atoms with Crippen LogP contribution < -0.4 is 10.6 Å². The van der Waals surface area contributed by atoms with Gasteiger partial charge in [0.2, 0.25) is 0 Å². The number of carbonyl (C=O) groups is 3. The fourth-order valence-electron chi connectivity index (χ4n) is 3.87. The molecule has 7 nitrogen and oxygen atoms in total. The zero-order valence-corrected chi connectivity index (χ0v) is 18.1. The van der Waals surface area contributed by atoms with Gasteiger partial charge in [-0.3, -0.25) is 10.1 Å². The molecule has 0 saturated carbocycles. The first kappa shape index (κ1) is 23.8. The highest BCUT2D eigenvalue weighted by Gasteiger charge is 2.39. The second kappa shape index (κ2) is 9.49. The van der Waals surface area contributed by atoms with Crippen molar-refractivity contribution in [2.24, 2.45) is 0 Å². The van der Waals surface area contributed by atoms with Crippen LogP contribution in [0.15, 0.2) is 66.7 Å². The van der Waals surface area contributed by atoms with E-state index in [0.29, 0.717) is 0 Å². The van der Waals surface area contributed by atoms with E-state index in [-0.39, 0.29) is 23.8 Å². The molecule has 0 bridgehead atoms. The van der Waals surface area contributed by atoms with Crippen molar-refractivity contribution in [3.63, 3.8) is 0 Å². The van der Waals surface area contributed by atoms with Crippen LogP contribution in [0.25, 0.3) is 11.1 Å². The third-order valence-corrected chi connectivity index (χ3v) is 5.60. The predicted octanol–water partition coefficient (Wildman–Crippen LogP) is 4.64. The van der Waals surface area contributed by atoms with Crippen LogP contribution in [0, 0.1) is 5.82 Å². The summed E-state index contributed by atoms with van der Waals surface area (Å²) in [5.74, 6) is -8.85. The summed E-state index contributed by atoms with van der Waals surface area (Å²) in [6.45, 7) is -1.44. The number of aliphatic carboxylic acids is 1. The summed E-state index contributed by atoms with van der Waals surface area (Å²) in [5, 5.41) is 12.4. The minimum absolute atomic E-state index is 0.0136. The van der Waals surface area contributed by atoms with Crippen molar-refractivity contribution in [2.45, 2.75) is 11.8 Å². The van der Waals surface area contributed by atoms with Crippen molar-refractivity contribution < 1.29 is 37.4 Å². The third kappa shape index (κ3) is 4.96. The first-order chi connectivity index (χ1) is 16.7. The number of hydrogen-bond acceptors (Lipinski definition) is 4. The molecule has 0 spiro atoms. The molecule has 2 amide bonds. The minimum atomic E-state index is -4.17. The highest BCUT2D eigenvalue weighted by Crippen LogP contribution is 2.44. The van der Waals surface area contributed by atoms with Crippen molar-refractivity contribution in [1.82, 2.24) is 5.32 Å². The molecule has 1 aliphatic carbocycles. The van der Waals surface area contributed by atoms with Crippen LogP contribution in [0.3, 0.4) is 0 Å². The van der Waals surface area contributed by atoms with Gasteiger partial charge in [0, 0.05) is 11.5 Å². The van der Waals surface area contributed by atoms with Gasteiger partial charge in [0.05, 0.1) is 12.2 Å². The van der Waals surface area contributed by atoms with Crippen molar-refractivity contribution in [2.75, 3.05) is 18.5 Å². The molecule has 3 aromatic carbocycles. The Balaban J connectivity index is 1.38. The molecule has 3 aromatic rings. The standard InChI is InChI=1S/C25H19F3N2O5/c26-20-11-14(22(31)29-13-25(27,28)23(32)33)9-10-21(20)30-24(34)35-12-19-17-7-3-1-5-15(17)16-6-2-4-8-18(16)19/h1-11,19H,12-13H2,(H,29,31)(H,30,34)(H,32,33). The number of ether oxygens (including phenoxy) is 1. The van der Waals surface area contributed by atoms with Crippen LogP contribution in [-0.4, -0.2) is 42.2 Å². The number of amides is 2. The zero-order chi connectivity index (χ0) is 25.2. The van der Waals surface area contributed by atoms with Gasteiger partial charge < -0.3 is 15.2 Å². The van der Waals surface area contributed by atoms with E-state index in [9.17, 15) is 27.6 Å². The quantitative estimate of drug-likeness (QED) is 0.453. The molecular formula is C25H19F3N2O5. The van der Waals surface area contributed by atoms with Gasteiger partial charge in [0.25, 0.3) is 5.91 Å². The Labute approximate surface area is 197 Å². The Morgan fingerprint density at radius 1 is 0.943 bits per heavy atom. The molecule has 0 heterocycles. The first-order valence-corrected chi connectivity index (χ1v) is 10.5. The summed E-state index contributed by atoms with van der Waals surface area (Å²) in [6.07, 6.45) is -0.913. The van der Waals surface area contributed by atoms with Crippen molar-refractivity contribution in [3.8, 4) is 11.1 Å². The van der Waals surface area contributed by atoms with Crippen LogP contribution >= 0.6 is 0 Å². The van der Waals surface area contributed by atoms with Crippen LogP contribution in [0.1, 0.15) is 27.4 Å². The lowest BCUT2D eigenvalue weighted by atomic mass is 9.98. The van der Waals surface area contributed by atoms with Gasteiger partial charge in [-0.15, -0.1) is 0 Å². The van der Waals surface area contributed by atoms with Crippen LogP contribution in [0.5, 0.6) is 0 Å². The maximum Gasteiger partial charge on any atom is 0.411 e. The molecule has 10 heteroatoms. The second-order valence-corrected chi connectivity index (χ2v) is 7.84. The predicted molar refractivity (Wildman–Crippen MR) is 120 cm³/mol. The van der Waals surface area contributed by atoms with E-state index in [1.165, 1.54) is 0 Å². The number of benzene rings is 3. The number of alkyl halides is 2. The average molecular weight is 484 g/mol. The van der Waals surface area contributed by atoms with Gasteiger partial charge in [-0.1, -0.05) is 48.5 Å². The average Bonchev–Trinajstić information content (AvgIpc) is 3.16. The van der Waals surface area contributed by atoms with Gasteiger partial charge in [-0.2, -0.15) is 8.78 Å². The van der Waals surface area contributed by atoms with E-state index >= 15 is 0 Å². The first-order valence-electron chi connectivity index (χ1n) is 10.5. The molecule has 3 N–H and O–H groups in total. The molecule has 35 heavy (non-hydrogen) atoms. The number of hydrogen-bond donors (Lipinski definition) is 3. The third-order valence-electron chi connectivity index (χ3n) is 5.60. The summed E-state index contributed by atoms with van der Waals surface area (Å²) in [5.41, 5.74) is 3.51. The molecule has 1 aliphatic rings. The largest absolute Gasteiger partial charge is 0.477 e. The zero-order valence-electron chi connectivity index (χ0n) is 18.1. The summed E-state index contributed by atoms with van der Waals surface area (Å²) in [7, 11) is 0. The van der Waals surface area contributed by atoms with Gasteiger partial charge in [0.1, 0.15) is 12.4 Å². The molecule has 180 valence electrons. The lowest BCUT2D eigenvalue weighted by Crippen LogP contribution is -2.42. The van der Waals surface area contributed by atoms with Gasteiger partial charge >= 0.3 is 18.0 Å². The Hall–Kier alpha value is -4.34. The highest BCUT2D eigenvalue weighted by atomic mass is 19.3. The van der Waals surface area contributed by atoms with E-state index in [4.69, 9.17) is 9.84 Å². The van der Waals surface area contributed by atoms with Gasteiger partial charge in [0.15, 0.2) is 0 Å². The summed E-state index contributed by atoms with van der Waals surface area (Å²) in [4.78, 5) is 34.7. The fourth-order valence-corrected chi connectivity index (χ4v) is 3.87. The maximum absolute atomic E-state index is 14.4. The second-order valence-electron chi connectivity index (χ2n) is 7.84. The van der Waals surface area contributed by atoms with Crippen LogP contribution in [0.4, 0.5) is 23.7 Å². The topological polar surface area (TPSA) is 105 Å². The Morgan fingerprint density at radius 3 is 2.11 bits per heavy atom. The number of carboxylic acids is 1. The number of carbonyl (C=O) groups excluding carboxylic acids is 2. The van der Waals surface area contributed by atoms with Crippen LogP contribution in [0.2, 0.25) is 0 Å². The SMILES string of the molecule is O=C(Nc1ccc(C(=O)NCC(F)(F)C(=O)O)cc1F)OCC1c2ccccc2-c2ccccc21. The number of anilines is 1. The van der Waals surface area contributed by atoms with E-state index in [1.54, 1.807) is 5.32 Å². The van der Waals surface area contributed by atoms with Crippen LogP contribution in [-0.2, 0) is 9.53 Å². The molecule has 0 aliphatic heterocycles. The molecule has 0 fully saturated rings. The lowest BCUT2D eigenvalue weighted by molar-refractivity contribution is -0.163. The lowest BCUT2D eigenvalue weighted by Gasteiger charge is -2.15.